The van der Waals surface area contributed by atoms with Crippen LogP contribution in [-0.4, -0.2) is 25.8 Å². The highest BCUT2D eigenvalue weighted by Gasteiger charge is 2.03. The SMILES string of the molecule is C=C(C)C(=O)OCCCCCCOc1ccc(N=Nc2ccc(C#Cc3ccc(C#Cc4ccc(OCC)cc4)c(C)c3)cc2C)cc1. The molecule has 0 unspecified atom stereocenters. The second-order valence-electron chi connectivity index (χ2n) is 11.4. The average molecular weight is 639 g/mol. The van der Waals surface area contributed by atoms with E-state index in [0.717, 1.165) is 81.9 Å². The molecule has 0 atom stereocenters. The molecule has 0 aliphatic carbocycles. The van der Waals surface area contributed by atoms with Gasteiger partial charge >= 0.3 is 5.97 Å². The Morgan fingerprint density at radius 2 is 1.25 bits per heavy atom. The number of benzene rings is 4. The minimum atomic E-state index is -0.326. The van der Waals surface area contributed by atoms with Gasteiger partial charge in [0.1, 0.15) is 11.5 Å². The van der Waals surface area contributed by atoms with E-state index < -0.39 is 0 Å². The molecule has 0 spiro atoms. The molecule has 244 valence electrons. The number of rotatable bonds is 13. The van der Waals surface area contributed by atoms with Crippen LogP contribution in [-0.2, 0) is 9.53 Å². The molecule has 48 heavy (non-hydrogen) atoms. The van der Waals surface area contributed by atoms with E-state index in [9.17, 15) is 4.79 Å². The Labute approximate surface area is 284 Å². The van der Waals surface area contributed by atoms with Gasteiger partial charge in [0.25, 0.3) is 0 Å². The molecule has 0 N–H and O–H groups in total. The van der Waals surface area contributed by atoms with Crippen LogP contribution < -0.4 is 9.47 Å². The van der Waals surface area contributed by atoms with Gasteiger partial charge in [0.15, 0.2) is 0 Å². The molecule has 0 heterocycles. The van der Waals surface area contributed by atoms with Gasteiger partial charge in [-0.05, 0) is 149 Å². The summed E-state index contributed by atoms with van der Waals surface area (Å²) < 4.78 is 16.5. The van der Waals surface area contributed by atoms with Gasteiger partial charge in [-0.3, -0.25) is 0 Å². The van der Waals surface area contributed by atoms with E-state index in [1.165, 1.54) is 0 Å². The average Bonchev–Trinajstić information content (AvgIpc) is 3.09. The second kappa shape index (κ2) is 18.5. The van der Waals surface area contributed by atoms with Crippen LogP contribution in [0.4, 0.5) is 11.4 Å². The number of ether oxygens (including phenoxy) is 3. The molecule has 0 aromatic heterocycles. The summed E-state index contributed by atoms with van der Waals surface area (Å²) in [5, 5.41) is 8.85. The van der Waals surface area contributed by atoms with E-state index in [-0.39, 0.29) is 5.97 Å². The van der Waals surface area contributed by atoms with E-state index in [2.05, 4.69) is 53.5 Å². The highest BCUT2D eigenvalue weighted by molar-refractivity contribution is 5.86. The predicted molar refractivity (Wildman–Crippen MR) is 192 cm³/mol. The van der Waals surface area contributed by atoms with Crippen molar-refractivity contribution in [3.63, 3.8) is 0 Å². The fraction of sp³-hybridized carbons (Fsp3) is 0.262. The number of carbonyl (C=O) groups excluding carboxylic acids is 1. The summed E-state index contributed by atoms with van der Waals surface area (Å²) in [6.45, 7) is 13.0. The Bertz CT molecular complexity index is 1850. The molecule has 0 bridgehead atoms. The fourth-order valence-electron chi connectivity index (χ4n) is 4.57. The maximum Gasteiger partial charge on any atom is 0.333 e. The van der Waals surface area contributed by atoms with Crippen LogP contribution in [0.2, 0.25) is 0 Å². The molecule has 0 aliphatic heterocycles. The summed E-state index contributed by atoms with van der Waals surface area (Å²) in [5.74, 6) is 14.4. The van der Waals surface area contributed by atoms with Gasteiger partial charge in [-0.25, -0.2) is 4.79 Å². The third kappa shape index (κ3) is 11.6. The van der Waals surface area contributed by atoms with Gasteiger partial charge in [-0.1, -0.05) is 30.3 Å². The third-order valence-electron chi connectivity index (χ3n) is 7.28. The van der Waals surface area contributed by atoms with Gasteiger partial charge in [0.2, 0.25) is 0 Å². The van der Waals surface area contributed by atoms with Crippen LogP contribution in [0.5, 0.6) is 11.5 Å². The molecule has 4 rings (SSSR count). The molecule has 0 fully saturated rings. The zero-order chi connectivity index (χ0) is 34.1. The maximum atomic E-state index is 11.4. The number of hydrogen-bond donors (Lipinski definition) is 0. The number of hydrogen-bond acceptors (Lipinski definition) is 6. The first-order valence-electron chi connectivity index (χ1n) is 16.3. The van der Waals surface area contributed by atoms with Gasteiger partial charge < -0.3 is 14.2 Å². The molecule has 4 aromatic rings. The van der Waals surface area contributed by atoms with Gasteiger partial charge in [0.05, 0.1) is 31.2 Å². The molecule has 0 aliphatic rings. The smallest absolute Gasteiger partial charge is 0.333 e. The molecule has 4 aromatic carbocycles. The highest BCUT2D eigenvalue weighted by atomic mass is 16.5. The first kappa shape index (κ1) is 35.3. The summed E-state index contributed by atoms with van der Waals surface area (Å²) in [6.07, 6.45) is 3.76. The number of esters is 1. The van der Waals surface area contributed by atoms with Crippen molar-refractivity contribution in [3.05, 3.63) is 130 Å². The molecular formula is C42H42N2O4. The number of azo groups is 1. The summed E-state index contributed by atoms with van der Waals surface area (Å²) in [5.41, 5.74) is 7.82. The van der Waals surface area contributed by atoms with E-state index in [4.69, 9.17) is 14.2 Å². The first-order chi connectivity index (χ1) is 23.3. The summed E-state index contributed by atoms with van der Waals surface area (Å²) in [6, 6.07) is 27.4. The molecule has 0 radical (unpaired) electrons. The van der Waals surface area contributed by atoms with Crippen molar-refractivity contribution in [3.8, 4) is 35.2 Å². The first-order valence-corrected chi connectivity index (χ1v) is 16.3. The molecule has 0 saturated heterocycles. The Morgan fingerprint density at radius 1 is 0.667 bits per heavy atom. The van der Waals surface area contributed by atoms with Crippen molar-refractivity contribution < 1.29 is 19.0 Å². The van der Waals surface area contributed by atoms with Crippen molar-refractivity contribution in [2.75, 3.05) is 19.8 Å². The van der Waals surface area contributed by atoms with Gasteiger partial charge in [-0.2, -0.15) is 10.2 Å². The molecule has 6 nitrogen and oxygen atoms in total. The van der Waals surface area contributed by atoms with Gasteiger partial charge in [-0.15, -0.1) is 0 Å². The number of nitrogens with zero attached hydrogens (tertiary/aromatic N) is 2. The number of carbonyl (C=O) groups is 1. The van der Waals surface area contributed by atoms with Crippen molar-refractivity contribution in [1.29, 1.82) is 0 Å². The van der Waals surface area contributed by atoms with Crippen LogP contribution in [0.15, 0.2) is 107 Å². The summed E-state index contributed by atoms with van der Waals surface area (Å²) >= 11 is 0. The minimum absolute atomic E-state index is 0.326. The maximum absolute atomic E-state index is 11.4. The van der Waals surface area contributed by atoms with E-state index >= 15 is 0 Å². The largest absolute Gasteiger partial charge is 0.494 e. The summed E-state index contributed by atoms with van der Waals surface area (Å²) in [7, 11) is 0. The Hall–Kier alpha value is -5.59. The Morgan fingerprint density at radius 3 is 1.90 bits per heavy atom. The number of aryl methyl sites for hydroxylation is 2. The molecule has 6 heteroatoms. The van der Waals surface area contributed by atoms with Gasteiger partial charge in [0, 0.05) is 27.8 Å². The van der Waals surface area contributed by atoms with Crippen molar-refractivity contribution in [2.24, 2.45) is 10.2 Å². The van der Waals surface area contributed by atoms with Crippen LogP contribution in [0.1, 0.15) is 72.9 Å². The van der Waals surface area contributed by atoms with Crippen molar-refractivity contribution in [2.45, 2.75) is 53.4 Å². The van der Waals surface area contributed by atoms with Crippen LogP contribution in [0.3, 0.4) is 0 Å². The van der Waals surface area contributed by atoms with E-state index in [0.29, 0.717) is 25.4 Å². The fourth-order valence-corrected chi connectivity index (χ4v) is 4.57. The van der Waals surface area contributed by atoms with E-state index in [1.54, 1.807) is 6.92 Å². The molecular weight excluding hydrogens is 596 g/mol. The Balaban J connectivity index is 1.24. The molecule has 0 saturated carbocycles. The number of unbranched alkanes of at least 4 members (excludes halogenated alkanes) is 3. The van der Waals surface area contributed by atoms with Crippen LogP contribution in [0, 0.1) is 37.5 Å². The lowest BCUT2D eigenvalue weighted by atomic mass is 10.0. The summed E-state index contributed by atoms with van der Waals surface area (Å²) in [4.78, 5) is 11.4. The zero-order valence-corrected chi connectivity index (χ0v) is 28.3. The van der Waals surface area contributed by atoms with Crippen LogP contribution in [0.25, 0.3) is 0 Å². The standard InChI is InChI=1S/C42H42N2O4/c1-6-46-39-22-15-34(16-23-39)13-18-37-19-14-35(29-32(37)4)11-12-36-17-26-41(33(5)30-36)44-43-38-20-24-40(25-21-38)47-27-9-7-8-10-28-48-42(45)31(2)3/h14-17,19-26,29-30H,2,6-10,27-28H2,1,3-5H3. The second-order valence-corrected chi connectivity index (χ2v) is 11.4. The highest BCUT2D eigenvalue weighted by Crippen LogP contribution is 2.24. The predicted octanol–water partition coefficient (Wildman–Crippen LogP) is 9.98. The quantitative estimate of drug-likeness (QED) is 0.0481. The van der Waals surface area contributed by atoms with Crippen molar-refractivity contribution in [1.82, 2.24) is 0 Å². The Kier molecular flexibility index (Phi) is 13.6. The van der Waals surface area contributed by atoms with Crippen LogP contribution >= 0.6 is 0 Å². The topological polar surface area (TPSA) is 69.5 Å². The third-order valence-corrected chi connectivity index (χ3v) is 7.28. The molecule has 0 amide bonds. The lowest BCUT2D eigenvalue weighted by molar-refractivity contribution is -0.139. The monoisotopic (exact) mass is 638 g/mol. The zero-order valence-electron chi connectivity index (χ0n) is 28.3. The minimum Gasteiger partial charge on any atom is -0.494 e. The lowest BCUT2D eigenvalue weighted by Crippen LogP contribution is -2.06. The van der Waals surface area contributed by atoms with Crippen molar-refractivity contribution >= 4 is 17.3 Å². The van der Waals surface area contributed by atoms with E-state index in [1.807, 2.05) is 92.7 Å². The lowest BCUT2D eigenvalue weighted by Gasteiger charge is -2.07. The normalized spacial score (nSPS) is 10.4.